The molecule has 2 heteroatoms. The van der Waals surface area contributed by atoms with Gasteiger partial charge in [0, 0.05) is 16.1 Å². The van der Waals surface area contributed by atoms with E-state index in [1.54, 1.807) is 5.57 Å². The molecule has 21 heavy (non-hydrogen) atoms. The summed E-state index contributed by atoms with van der Waals surface area (Å²) in [6.45, 7) is 17.4. The first-order valence-electron chi connectivity index (χ1n) is 9.32. The Hall–Kier alpha value is 0.174. The van der Waals surface area contributed by atoms with Crippen molar-refractivity contribution in [1.29, 1.82) is 0 Å². The van der Waals surface area contributed by atoms with E-state index in [0.717, 1.165) is 0 Å². The summed E-state index contributed by atoms with van der Waals surface area (Å²) in [4.78, 5) is 0. The zero-order valence-corrected chi connectivity index (χ0v) is 18.1. The molecule has 0 unspecified atom stereocenters. The number of hydrogen-bond acceptors (Lipinski definition) is 0. The van der Waals surface area contributed by atoms with Crippen molar-refractivity contribution < 1.29 is 0 Å². The van der Waals surface area contributed by atoms with Crippen LogP contribution >= 0.6 is 0 Å². The summed E-state index contributed by atoms with van der Waals surface area (Å²) in [7, 11) is -1.91. The lowest BCUT2D eigenvalue weighted by Crippen LogP contribution is -2.25. The molecule has 0 N–H and O–H groups in total. The van der Waals surface area contributed by atoms with E-state index in [9.17, 15) is 0 Å². The minimum Gasteiger partial charge on any atom is -0.0859 e. The molecule has 0 rings (SSSR count). The molecule has 0 saturated carbocycles. The molecule has 0 amide bonds. The Labute approximate surface area is 137 Å². The van der Waals surface area contributed by atoms with Crippen molar-refractivity contribution in [2.24, 2.45) is 0 Å². The predicted molar refractivity (Wildman–Crippen MR) is 107 cm³/mol. The highest BCUT2D eigenvalue weighted by Crippen LogP contribution is 2.26. The molecule has 0 radical (unpaired) electrons. The van der Waals surface area contributed by atoms with E-state index in [-0.39, 0.29) is 0 Å². The van der Waals surface area contributed by atoms with E-state index in [2.05, 4.69) is 52.3 Å². The minimum atomic E-state index is -0.956. The predicted octanol–water partition coefficient (Wildman–Crippen LogP) is 7.73. The molecule has 0 aliphatic rings. The lowest BCUT2D eigenvalue weighted by Gasteiger charge is -2.24. The van der Waals surface area contributed by atoms with Gasteiger partial charge in [-0.25, -0.2) is 0 Å². The molecule has 0 aromatic carbocycles. The number of allylic oxidation sites excluding steroid dienone is 2. The van der Waals surface area contributed by atoms with E-state index in [0.29, 0.717) is 0 Å². The fourth-order valence-electron chi connectivity index (χ4n) is 2.98. The van der Waals surface area contributed by atoms with Crippen LogP contribution in [0.15, 0.2) is 11.6 Å². The molecule has 0 fully saturated rings. The summed E-state index contributed by atoms with van der Waals surface area (Å²) in [5, 5.41) is 0. The topological polar surface area (TPSA) is 0 Å². The fraction of sp³-hybridized carbons (Fsp3) is 0.895. The Morgan fingerprint density at radius 1 is 0.667 bits per heavy atom. The zero-order chi connectivity index (χ0) is 16.4. The summed E-state index contributed by atoms with van der Waals surface area (Å²) in [5.41, 5.74) is 1.80. The van der Waals surface area contributed by atoms with Crippen molar-refractivity contribution in [3.05, 3.63) is 11.6 Å². The molecule has 0 bridgehead atoms. The van der Waals surface area contributed by atoms with Crippen LogP contribution in [-0.2, 0) is 0 Å². The van der Waals surface area contributed by atoms with Crippen molar-refractivity contribution in [2.75, 3.05) is 0 Å². The third-order valence-electron chi connectivity index (χ3n) is 3.76. The summed E-state index contributed by atoms with van der Waals surface area (Å²) < 4.78 is 0. The van der Waals surface area contributed by atoms with Crippen LogP contribution < -0.4 is 0 Å². The third kappa shape index (κ3) is 16.4. The normalized spacial score (nSPS) is 12.5. The van der Waals surface area contributed by atoms with Crippen LogP contribution in [0.25, 0.3) is 0 Å². The first kappa shape index (κ1) is 21.2. The maximum atomic E-state index is 2.63. The van der Waals surface area contributed by atoms with Gasteiger partial charge in [0.1, 0.15) is 0 Å². The quantitative estimate of drug-likeness (QED) is 0.195. The first-order valence-corrected chi connectivity index (χ1v) is 16.7. The molecule has 0 spiro atoms. The number of unbranched alkanes of at least 4 members (excludes halogenated alkanes) is 7. The molecule has 0 nitrogen and oxygen atoms in total. The van der Waals surface area contributed by atoms with Gasteiger partial charge in [-0.1, -0.05) is 96.4 Å². The lowest BCUT2D eigenvalue weighted by atomic mass is 10.1. The number of hydrogen-bond donors (Lipinski definition) is 0. The highest BCUT2D eigenvalue weighted by atomic mass is 28.3. The Kier molecular flexibility index (Phi) is 10.9. The second kappa shape index (κ2) is 10.8. The second-order valence-corrected chi connectivity index (χ2v) is 20.2. The van der Waals surface area contributed by atoms with Crippen LogP contribution in [0.4, 0.5) is 0 Å². The smallest absolute Gasteiger partial charge is 0.0483 e. The van der Waals surface area contributed by atoms with Gasteiger partial charge in [0.15, 0.2) is 0 Å². The van der Waals surface area contributed by atoms with Crippen molar-refractivity contribution in [2.45, 2.75) is 110 Å². The lowest BCUT2D eigenvalue weighted by molar-refractivity contribution is 0.592. The first-order chi connectivity index (χ1) is 9.64. The Balaban J connectivity index is 4.07. The highest BCUT2D eigenvalue weighted by molar-refractivity contribution is 6.78. The Morgan fingerprint density at radius 3 is 1.52 bits per heavy atom. The number of rotatable bonds is 12. The molecular weight excluding hydrogens is 284 g/mol. The third-order valence-corrected chi connectivity index (χ3v) is 6.79. The van der Waals surface area contributed by atoms with Gasteiger partial charge >= 0.3 is 0 Å². The summed E-state index contributed by atoms with van der Waals surface area (Å²) in [6, 6.07) is 2.85. The van der Waals surface area contributed by atoms with Gasteiger partial charge in [-0.05, 0) is 24.9 Å². The van der Waals surface area contributed by atoms with Gasteiger partial charge in [-0.15, -0.1) is 0 Å². The minimum absolute atomic E-state index is 0.956. The monoisotopic (exact) mass is 326 g/mol. The molecule has 0 heterocycles. The fourth-order valence-corrected chi connectivity index (χ4v) is 6.49. The van der Waals surface area contributed by atoms with E-state index in [1.165, 1.54) is 63.5 Å². The van der Waals surface area contributed by atoms with Crippen LogP contribution in [0.1, 0.15) is 58.3 Å². The largest absolute Gasteiger partial charge is 0.0859 e. The Morgan fingerprint density at radius 2 is 1.10 bits per heavy atom. The highest BCUT2D eigenvalue weighted by Gasteiger charge is 2.20. The van der Waals surface area contributed by atoms with Crippen LogP contribution in [0.5, 0.6) is 0 Å². The van der Waals surface area contributed by atoms with Crippen molar-refractivity contribution in [3.8, 4) is 0 Å². The van der Waals surface area contributed by atoms with Crippen LogP contribution in [0.2, 0.25) is 51.4 Å². The second-order valence-electron chi connectivity index (χ2n) is 9.25. The van der Waals surface area contributed by atoms with Gasteiger partial charge < -0.3 is 0 Å². The molecule has 0 aliphatic heterocycles. The molecule has 0 aromatic heterocycles. The zero-order valence-electron chi connectivity index (χ0n) is 16.1. The van der Waals surface area contributed by atoms with Gasteiger partial charge in [0.2, 0.25) is 0 Å². The van der Waals surface area contributed by atoms with Gasteiger partial charge in [-0.3, -0.25) is 0 Å². The van der Waals surface area contributed by atoms with E-state index >= 15 is 0 Å². The van der Waals surface area contributed by atoms with Gasteiger partial charge in [-0.2, -0.15) is 0 Å². The molecule has 126 valence electrons. The van der Waals surface area contributed by atoms with Crippen LogP contribution in [-0.4, -0.2) is 16.1 Å². The standard InChI is InChI=1S/C19H42Si2/c1-8-9-10-11-12-13-14-15-16-19(17-20(2,3)4)18-21(5,6)7/h16H,8-15,17-18H2,1-7H3. The van der Waals surface area contributed by atoms with Crippen molar-refractivity contribution in [3.63, 3.8) is 0 Å². The molecule has 0 aliphatic carbocycles. The molecule has 0 saturated heterocycles. The summed E-state index contributed by atoms with van der Waals surface area (Å²) in [6.07, 6.45) is 13.9. The molecular formula is C19H42Si2. The van der Waals surface area contributed by atoms with Crippen LogP contribution in [0, 0.1) is 0 Å². The Bertz CT molecular complexity index is 261. The van der Waals surface area contributed by atoms with E-state index in [1.807, 2.05) is 0 Å². The summed E-state index contributed by atoms with van der Waals surface area (Å²) in [5.74, 6) is 0. The van der Waals surface area contributed by atoms with Crippen molar-refractivity contribution in [1.82, 2.24) is 0 Å². The van der Waals surface area contributed by atoms with E-state index in [4.69, 9.17) is 0 Å². The summed E-state index contributed by atoms with van der Waals surface area (Å²) >= 11 is 0. The maximum absolute atomic E-state index is 2.63. The maximum Gasteiger partial charge on any atom is 0.0483 e. The van der Waals surface area contributed by atoms with Crippen LogP contribution in [0.3, 0.4) is 0 Å². The molecule has 0 aromatic rings. The molecule has 0 atom stereocenters. The van der Waals surface area contributed by atoms with Crippen molar-refractivity contribution >= 4 is 16.1 Å². The SMILES string of the molecule is CCCCCCCCCC=C(C[Si](C)(C)C)C[Si](C)(C)C. The van der Waals surface area contributed by atoms with E-state index < -0.39 is 16.1 Å². The average Bonchev–Trinajstić information content (AvgIpc) is 2.28. The van der Waals surface area contributed by atoms with Gasteiger partial charge in [0.05, 0.1) is 0 Å². The van der Waals surface area contributed by atoms with Gasteiger partial charge in [0.25, 0.3) is 0 Å². The average molecular weight is 327 g/mol.